The maximum absolute atomic E-state index is 14.5. The molecule has 2 aromatic rings. The van der Waals surface area contributed by atoms with E-state index in [1.165, 1.54) is 18.2 Å². The second kappa shape index (κ2) is 8.79. The quantitative estimate of drug-likeness (QED) is 0.637. The second-order valence-corrected chi connectivity index (χ2v) is 8.27. The van der Waals surface area contributed by atoms with Gasteiger partial charge in [-0.2, -0.15) is 8.42 Å². The van der Waals surface area contributed by atoms with E-state index in [9.17, 15) is 17.2 Å². The third kappa shape index (κ3) is 5.36. The highest BCUT2D eigenvalue weighted by Gasteiger charge is 2.20. The van der Waals surface area contributed by atoms with Crippen molar-refractivity contribution in [3.05, 3.63) is 53.7 Å². The van der Waals surface area contributed by atoms with Crippen LogP contribution in [0.25, 0.3) is 17.2 Å². The summed E-state index contributed by atoms with van der Waals surface area (Å²) in [7, 11) is -3.62. The lowest BCUT2D eigenvalue weighted by Crippen LogP contribution is -2.12. The van der Waals surface area contributed by atoms with Gasteiger partial charge in [-0.05, 0) is 55.5 Å². The summed E-state index contributed by atoms with van der Waals surface area (Å²) in [6.07, 6.45) is 9.02. The fraction of sp³-hybridized carbons (Fsp3) is 0.350. The first kappa shape index (κ1) is 20.4. The number of aromatic nitrogens is 1. The maximum Gasteiger partial charge on any atom is 0.264 e. The lowest BCUT2D eigenvalue weighted by Gasteiger charge is -2.15. The van der Waals surface area contributed by atoms with Crippen molar-refractivity contribution in [3.8, 4) is 17.0 Å². The molecule has 1 aliphatic rings. The van der Waals surface area contributed by atoms with E-state index in [-0.39, 0.29) is 18.3 Å². The van der Waals surface area contributed by atoms with E-state index in [0.29, 0.717) is 17.0 Å². The molecule has 0 N–H and O–H groups in total. The minimum atomic E-state index is -3.62. The Morgan fingerprint density at radius 2 is 1.89 bits per heavy atom. The molecular weight excluding hydrogens is 388 g/mol. The van der Waals surface area contributed by atoms with Crippen LogP contribution in [-0.4, -0.2) is 32.4 Å². The van der Waals surface area contributed by atoms with E-state index >= 15 is 0 Å². The van der Waals surface area contributed by atoms with Gasteiger partial charge in [0.2, 0.25) is 5.88 Å². The van der Waals surface area contributed by atoms with Crippen LogP contribution in [0.1, 0.15) is 31.2 Å². The molecular formula is C20H21F2NO4S. The summed E-state index contributed by atoms with van der Waals surface area (Å²) in [4.78, 5) is 4.23. The molecule has 5 nitrogen and oxygen atoms in total. The highest BCUT2D eigenvalue weighted by atomic mass is 32.2. The summed E-state index contributed by atoms with van der Waals surface area (Å²) in [5.74, 6) is -1.19. The van der Waals surface area contributed by atoms with Crippen LogP contribution in [0.3, 0.4) is 0 Å². The molecule has 28 heavy (non-hydrogen) atoms. The minimum absolute atomic E-state index is 0.0698. The summed E-state index contributed by atoms with van der Waals surface area (Å²) in [6, 6.07) is 5.81. The molecule has 1 fully saturated rings. The van der Waals surface area contributed by atoms with E-state index in [4.69, 9.17) is 4.74 Å². The number of rotatable bonds is 7. The monoisotopic (exact) mass is 409 g/mol. The summed E-state index contributed by atoms with van der Waals surface area (Å²) < 4.78 is 61.2. The largest absolute Gasteiger partial charge is 0.474 e. The molecule has 1 heterocycles. The van der Waals surface area contributed by atoms with Gasteiger partial charge in [0.25, 0.3) is 10.1 Å². The molecule has 3 rings (SSSR count). The summed E-state index contributed by atoms with van der Waals surface area (Å²) in [6.45, 7) is -0.304. The third-order valence-corrected chi connectivity index (χ3v) is 4.97. The van der Waals surface area contributed by atoms with E-state index in [0.717, 1.165) is 38.0 Å². The van der Waals surface area contributed by atoms with Gasteiger partial charge >= 0.3 is 0 Å². The topological polar surface area (TPSA) is 65.5 Å². The molecule has 0 amide bonds. The molecule has 0 radical (unpaired) electrons. The molecule has 0 bridgehead atoms. The third-order valence-electron chi connectivity index (χ3n) is 4.40. The Morgan fingerprint density at radius 3 is 2.54 bits per heavy atom. The van der Waals surface area contributed by atoms with Gasteiger partial charge in [-0.1, -0.05) is 12.2 Å². The normalized spacial score (nSPS) is 15.4. The predicted octanol–water partition coefficient (Wildman–Crippen LogP) is 4.34. The zero-order chi connectivity index (χ0) is 20.1. The van der Waals surface area contributed by atoms with Gasteiger partial charge in [-0.15, -0.1) is 0 Å². The number of pyridine rings is 1. The average molecular weight is 409 g/mol. The van der Waals surface area contributed by atoms with Crippen molar-refractivity contribution >= 4 is 16.2 Å². The Kier molecular flexibility index (Phi) is 6.41. The first-order valence-electron chi connectivity index (χ1n) is 8.95. The molecule has 1 aromatic carbocycles. The van der Waals surface area contributed by atoms with Gasteiger partial charge < -0.3 is 4.74 Å². The van der Waals surface area contributed by atoms with Crippen molar-refractivity contribution in [2.24, 2.45) is 0 Å². The summed E-state index contributed by atoms with van der Waals surface area (Å²) in [5, 5.41) is 0. The number of hydrogen-bond acceptors (Lipinski definition) is 5. The van der Waals surface area contributed by atoms with Gasteiger partial charge in [-0.3, -0.25) is 4.18 Å². The van der Waals surface area contributed by atoms with E-state index in [2.05, 4.69) is 9.17 Å². The summed E-state index contributed by atoms with van der Waals surface area (Å²) >= 11 is 0. The first-order valence-corrected chi connectivity index (χ1v) is 10.8. The van der Waals surface area contributed by atoms with Gasteiger partial charge in [0.15, 0.2) is 0 Å². The van der Waals surface area contributed by atoms with Crippen LogP contribution >= 0.6 is 0 Å². The number of nitrogens with zero attached hydrogens (tertiary/aromatic N) is 1. The Morgan fingerprint density at radius 1 is 1.21 bits per heavy atom. The van der Waals surface area contributed by atoms with Crippen LogP contribution in [0.5, 0.6) is 5.88 Å². The number of hydrogen-bond donors (Lipinski definition) is 0. The molecule has 0 unspecified atom stereocenters. The van der Waals surface area contributed by atoms with Crippen molar-refractivity contribution in [2.45, 2.75) is 31.8 Å². The van der Waals surface area contributed by atoms with Crippen LogP contribution < -0.4 is 4.74 Å². The van der Waals surface area contributed by atoms with Gasteiger partial charge in [0.1, 0.15) is 17.7 Å². The first-order chi connectivity index (χ1) is 13.3. The number of benzene rings is 1. The van der Waals surface area contributed by atoms with Crippen molar-refractivity contribution in [1.82, 2.24) is 4.98 Å². The molecule has 0 saturated heterocycles. The van der Waals surface area contributed by atoms with E-state index in [1.807, 2.05) is 0 Å². The zero-order valence-corrected chi connectivity index (χ0v) is 16.2. The fourth-order valence-corrected chi connectivity index (χ4v) is 3.42. The molecule has 0 atom stereocenters. The van der Waals surface area contributed by atoms with Crippen LogP contribution in [0, 0.1) is 11.6 Å². The SMILES string of the molecule is CS(=O)(=O)OC/C=C/c1c(F)cc(-c2cccnc2OC2CCCC2)cc1F. The van der Waals surface area contributed by atoms with Crippen LogP contribution in [0.2, 0.25) is 0 Å². The smallest absolute Gasteiger partial charge is 0.264 e. The van der Waals surface area contributed by atoms with Crippen LogP contribution in [0.15, 0.2) is 36.5 Å². The standard InChI is InChI=1S/C20H21F2NO4S/c1-28(24,25)26-11-5-9-17-18(21)12-14(13-19(17)22)16-8-4-10-23-20(16)27-15-6-2-3-7-15/h4-5,8-10,12-13,15H,2-3,6-7,11H2,1H3/b9-5+. The highest BCUT2D eigenvalue weighted by molar-refractivity contribution is 7.85. The Labute approximate surface area is 163 Å². The maximum atomic E-state index is 14.5. The van der Waals surface area contributed by atoms with Crippen LogP contribution in [0.4, 0.5) is 8.78 Å². The number of halogens is 2. The molecule has 150 valence electrons. The van der Waals surface area contributed by atoms with E-state index in [1.54, 1.807) is 18.3 Å². The molecule has 1 aromatic heterocycles. The Hall–Kier alpha value is -2.32. The van der Waals surface area contributed by atoms with Gasteiger partial charge in [0.05, 0.1) is 12.9 Å². The average Bonchev–Trinajstić information content (AvgIpc) is 3.13. The second-order valence-electron chi connectivity index (χ2n) is 6.63. The number of ether oxygens (including phenoxy) is 1. The van der Waals surface area contributed by atoms with Crippen molar-refractivity contribution in [2.75, 3.05) is 12.9 Å². The molecule has 8 heteroatoms. The Balaban J connectivity index is 1.83. The summed E-state index contributed by atoms with van der Waals surface area (Å²) in [5.41, 5.74) is 0.562. The van der Waals surface area contributed by atoms with Crippen molar-refractivity contribution in [1.29, 1.82) is 0 Å². The predicted molar refractivity (Wildman–Crippen MR) is 102 cm³/mol. The lowest BCUT2D eigenvalue weighted by molar-refractivity contribution is 0.202. The van der Waals surface area contributed by atoms with Gasteiger partial charge in [0, 0.05) is 17.3 Å². The van der Waals surface area contributed by atoms with Crippen molar-refractivity contribution < 1.29 is 26.1 Å². The van der Waals surface area contributed by atoms with Crippen LogP contribution in [-0.2, 0) is 14.3 Å². The molecule has 1 saturated carbocycles. The van der Waals surface area contributed by atoms with E-state index < -0.39 is 21.8 Å². The van der Waals surface area contributed by atoms with Gasteiger partial charge in [-0.25, -0.2) is 13.8 Å². The zero-order valence-electron chi connectivity index (χ0n) is 15.4. The molecule has 0 aliphatic heterocycles. The van der Waals surface area contributed by atoms with Crippen molar-refractivity contribution in [3.63, 3.8) is 0 Å². The Bertz CT molecular complexity index is 947. The molecule has 1 aliphatic carbocycles. The molecule has 0 spiro atoms. The lowest BCUT2D eigenvalue weighted by atomic mass is 10.0. The highest BCUT2D eigenvalue weighted by Crippen LogP contribution is 2.33. The fourth-order valence-electron chi connectivity index (χ4n) is 3.10. The minimum Gasteiger partial charge on any atom is -0.474 e.